The van der Waals surface area contributed by atoms with Gasteiger partial charge in [-0.1, -0.05) is 11.6 Å². The lowest BCUT2D eigenvalue weighted by atomic mass is 10.1. The Morgan fingerprint density at radius 1 is 1.32 bits per heavy atom. The van der Waals surface area contributed by atoms with Crippen molar-refractivity contribution < 1.29 is 22.7 Å². The number of furan rings is 1. The Bertz CT molecular complexity index is 1160. The molecule has 0 aliphatic rings. The molecule has 10 heteroatoms. The first-order chi connectivity index (χ1) is 13.5. The summed E-state index contributed by atoms with van der Waals surface area (Å²) in [7, 11) is 0. The van der Waals surface area contributed by atoms with E-state index in [2.05, 4.69) is 25.2 Å². The summed E-state index contributed by atoms with van der Waals surface area (Å²) in [6.07, 6.45) is 4.17. The number of alkyl halides is 2. The number of aromatic nitrogens is 3. The molecule has 0 aliphatic carbocycles. The Morgan fingerprint density at radius 2 is 2.18 bits per heavy atom. The molecule has 3 heterocycles. The molecule has 0 atom stereocenters. The molecular formula is C18H11ClF2N4O3. The van der Waals surface area contributed by atoms with E-state index in [1.54, 1.807) is 12.1 Å². The number of benzene rings is 1. The first-order valence-corrected chi connectivity index (χ1v) is 8.32. The molecule has 0 spiro atoms. The lowest BCUT2D eigenvalue weighted by Crippen LogP contribution is -2.12. The van der Waals surface area contributed by atoms with Gasteiger partial charge in [0.15, 0.2) is 5.58 Å². The average molecular weight is 405 g/mol. The highest BCUT2D eigenvalue weighted by Crippen LogP contribution is 2.36. The smallest absolute Gasteiger partial charge is 0.387 e. The minimum atomic E-state index is -3.02. The first kappa shape index (κ1) is 17.9. The molecular weight excluding hydrogens is 394 g/mol. The quantitative estimate of drug-likeness (QED) is 0.502. The van der Waals surface area contributed by atoms with Crippen LogP contribution >= 0.6 is 11.6 Å². The molecule has 0 aliphatic heterocycles. The number of fused-ring (bicyclic) bond motifs is 1. The second kappa shape index (κ2) is 7.28. The van der Waals surface area contributed by atoms with Crippen LogP contribution in [-0.4, -0.2) is 27.7 Å². The van der Waals surface area contributed by atoms with E-state index >= 15 is 0 Å². The topological polar surface area (TPSA) is 93.0 Å². The number of aromatic amines is 1. The molecule has 0 saturated heterocycles. The van der Waals surface area contributed by atoms with Crippen LogP contribution in [0.1, 0.15) is 10.4 Å². The summed E-state index contributed by atoms with van der Waals surface area (Å²) in [5.74, 6) is -0.618. The van der Waals surface area contributed by atoms with Crippen LogP contribution in [0, 0.1) is 0 Å². The van der Waals surface area contributed by atoms with E-state index in [-0.39, 0.29) is 28.3 Å². The summed E-state index contributed by atoms with van der Waals surface area (Å²) < 4.78 is 35.3. The average Bonchev–Trinajstić information content (AvgIpc) is 3.29. The van der Waals surface area contributed by atoms with Gasteiger partial charge in [0.25, 0.3) is 5.91 Å². The largest absolute Gasteiger partial charge is 0.462 e. The van der Waals surface area contributed by atoms with Gasteiger partial charge in [-0.3, -0.25) is 14.9 Å². The molecule has 4 aromatic rings. The number of halogens is 3. The second-order valence-electron chi connectivity index (χ2n) is 5.63. The fourth-order valence-electron chi connectivity index (χ4n) is 2.70. The van der Waals surface area contributed by atoms with Gasteiger partial charge in [-0.25, -0.2) is 0 Å². The number of anilines is 1. The van der Waals surface area contributed by atoms with Crippen LogP contribution in [0.5, 0.6) is 5.75 Å². The maximum Gasteiger partial charge on any atom is 0.387 e. The van der Waals surface area contributed by atoms with E-state index < -0.39 is 12.5 Å². The minimum absolute atomic E-state index is 0.116. The summed E-state index contributed by atoms with van der Waals surface area (Å²) in [6, 6.07) is 7.52. The number of nitrogens with zero attached hydrogens (tertiary/aromatic N) is 2. The number of H-pyrrole nitrogens is 1. The van der Waals surface area contributed by atoms with E-state index in [1.165, 1.54) is 36.9 Å². The zero-order valence-electron chi connectivity index (χ0n) is 13.9. The van der Waals surface area contributed by atoms with Gasteiger partial charge in [0, 0.05) is 16.8 Å². The number of hydrogen-bond donors (Lipinski definition) is 2. The molecule has 3 aromatic heterocycles. The molecule has 1 aromatic carbocycles. The van der Waals surface area contributed by atoms with Gasteiger partial charge in [-0.05, 0) is 30.3 Å². The van der Waals surface area contributed by atoms with Gasteiger partial charge in [0.05, 0.1) is 17.6 Å². The van der Waals surface area contributed by atoms with Crippen molar-refractivity contribution in [3.8, 4) is 17.0 Å². The summed E-state index contributed by atoms with van der Waals surface area (Å²) in [6.45, 7) is -3.02. The van der Waals surface area contributed by atoms with E-state index in [1.807, 2.05) is 0 Å². The van der Waals surface area contributed by atoms with Gasteiger partial charge >= 0.3 is 6.61 Å². The van der Waals surface area contributed by atoms with Crippen molar-refractivity contribution in [1.29, 1.82) is 0 Å². The molecule has 0 unspecified atom stereocenters. The minimum Gasteiger partial charge on any atom is -0.462 e. The SMILES string of the molecule is O=C(Nc1cn[nH]c1-c1cc(Cl)ccc1OC(F)F)c1coc2cccnc12. The highest BCUT2D eigenvalue weighted by atomic mass is 35.5. The number of carbonyl (C=O) groups is 1. The van der Waals surface area contributed by atoms with Crippen molar-refractivity contribution in [3.63, 3.8) is 0 Å². The summed E-state index contributed by atoms with van der Waals surface area (Å²) in [5.41, 5.74) is 1.80. The third-order valence-corrected chi connectivity index (χ3v) is 4.12. The molecule has 2 N–H and O–H groups in total. The van der Waals surface area contributed by atoms with Crippen LogP contribution in [0.25, 0.3) is 22.4 Å². The van der Waals surface area contributed by atoms with Crippen LogP contribution in [0.15, 0.2) is 53.4 Å². The monoisotopic (exact) mass is 404 g/mol. The van der Waals surface area contributed by atoms with Crippen molar-refractivity contribution in [2.75, 3.05) is 5.32 Å². The van der Waals surface area contributed by atoms with Crippen molar-refractivity contribution in [1.82, 2.24) is 15.2 Å². The zero-order chi connectivity index (χ0) is 19.7. The number of carbonyl (C=O) groups excluding carboxylic acids is 1. The lowest BCUT2D eigenvalue weighted by molar-refractivity contribution is -0.0494. The van der Waals surface area contributed by atoms with E-state index in [4.69, 9.17) is 16.0 Å². The van der Waals surface area contributed by atoms with Crippen LogP contribution in [-0.2, 0) is 0 Å². The highest BCUT2D eigenvalue weighted by molar-refractivity contribution is 6.31. The molecule has 4 rings (SSSR count). The Kier molecular flexibility index (Phi) is 4.66. The van der Waals surface area contributed by atoms with Gasteiger partial charge in [0.1, 0.15) is 23.1 Å². The molecule has 0 radical (unpaired) electrons. The Hall–Kier alpha value is -3.46. The molecule has 7 nitrogen and oxygen atoms in total. The van der Waals surface area contributed by atoms with E-state index in [9.17, 15) is 13.6 Å². The molecule has 0 saturated carbocycles. The van der Waals surface area contributed by atoms with Gasteiger partial charge in [0.2, 0.25) is 0 Å². The van der Waals surface area contributed by atoms with Crippen molar-refractivity contribution >= 4 is 34.3 Å². The van der Waals surface area contributed by atoms with Crippen LogP contribution in [0.2, 0.25) is 5.02 Å². The van der Waals surface area contributed by atoms with E-state index in [0.717, 1.165) is 0 Å². The molecule has 0 bridgehead atoms. The normalized spacial score (nSPS) is 11.1. The zero-order valence-corrected chi connectivity index (χ0v) is 14.7. The van der Waals surface area contributed by atoms with E-state index in [0.29, 0.717) is 16.1 Å². The third kappa shape index (κ3) is 3.39. The fourth-order valence-corrected chi connectivity index (χ4v) is 2.87. The Balaban J connectivity index is 1.69. The molecule has 142 valence electrons. The standard InChI is InChI=1S/C18H11ClF2N4O3/c19-9-3-4-13(28-18(20)21)10(6-9)15-12(7-23-25-15)24-17(26)11-8-27-14-2-1-5-22-16(11)14/h1-8,18H,(H,23,25)(H,24,26). The highest BCUT2D eigenvalue weighted by Gasteiger charge is 2.20. The number of pyridine rings is 1. The predicted molar refractivity (Wildman–Crippen MR) is 97.6 cm³/mol. The van der Waals surface area contributed by atoms with Crippen molar-refractivity contribution in [3.05, 3.63) is 59.6 Å². The number of rotatable bonds is 5. The molecule has 0 fully saturated rings. The Morgan fingerprint density at radius 3 is 3.00 bits per heavy atom. The van der Waals surface area contributed by atoms with Crippen molar-refractivity contribution in [2.24, 2.45) is 0 Å². The molecule has 28 heavy (non-hydrogen) atoms. The van der Waals surface area contributed by atoms with Crippen LogP contribution in [0.3, 0.4) is 0 Å². The van der Waals surface area contributed by atoms with Crippen molar-refractivity contribution in [2.45, 2.75) is 6.61 Å². The second-order valence-corrected chi connectivity index (χ2v) is 6.07. The molecule has 1 amide bonds. The third-order valence-electron chi connectivity index (χ3n) is 3.89. The van der Waals surface area contributed by atoms with Gasteiger partial charge in [-0.2, -0.15) is 13.9 Å². The van der Waals surface area contributed by atoms with Crippen LogP contribution in [0.4, 0.5) is 14.5 Å². The van der Waals surface area contributed by atoms with Gasteiger partial charge in [-0.15, -0.1) is 0 Å². The predicted octanol–water partition coefficient (Wildman–Crippen LogP) is 4.73. The summed E-state index contributed by atoms with van der Waals surface area (Å²) in [4.78, 5) is 16.8. The number of ether oxygens (including phenoxy) is 1. The summed E-state index contributed by atoms with van der Waals surface area (Å²) in [5, 5.41) is 9.51. The number of hydrogen-bond acceptors (Lipinski definition) is 5. The fraction of sp³-hybridized carbons (Fsp3) is 0.0556. The first-order valence-electron chi connectivity index (χ1n) is 7.94. The van der Waals surface area contributed by atoms with Gasteiger partial charge < -0.3 is 14.5 Å². The summed E-state index contributed by atoms with van der Waals surface area (Å²) >= 11 is 5.99. The van der Waals surface area contributed by atoms with Crippen LogP contribution < -0.4 is 10.1 Å². The Labute approximate surface area is 161 Å². The number of amides is 1. The lowest BCUT2D eigenvalue weighted by Gasteiger charge is -2.11. The maximum absolute atomic E-state index is 12.7. The maximum atomic E-state index is 12.7. The number of nitrogens with one attached hydrogen (secondary N) is 2.